The van der Waals surface area contributed by atoms with Gasteiger partial charge in [-0.05, 0) is 74.9 Å². The van der Waals surface area contributed by atoms with Crippen LogP contribution in [0.4, 0.5) is 0 Å². The molecule has 4 heterocycles. The van der Waals surface area contributed by atoms with Gasteiger partial charge in [-0.3, -0.25) is 38.7 Å². The second-order valence-corrected chi connectivity index (χ2v) is 17.2. The zero-order chi connectivity index (χ0) is 43.7. The summed E-state index contributed by atoms with van der Waals surface area (Å²) >= 11 is 0. The quantitative estimate of drug-likeness (QED) is 0.108. The van der Waals surface area contributed by atoms with E-state index in [1.54, 1.807) is 25.3 Å². The van der Waals surface area contributed by atoms with Gasteiger partial charge in [0.1, 0.15) is 12.1 Å². The molecule has 1 fully saturated rings. The first-order chi connectivity index (χ1) is 29.2. The number of ether oxygens (including phenoxy) is 1. The molecule has 6 N–H and O–H groups in total. The molecule has 7 atom stereocenters. The molecular weight excluding hydrogens is 779 g/mol. The SMILES string of the molecule is CC(C)(C)NC(=O)[C@@H]1CN(Cc2cccnc2)CCN1C[C@@H](O)C[C@@H](Cc1ccccc1)C(=O)N[C@H]1c2ccccc2C[C@H]1O.Cc1cn([C@H]2C=C[C@@H](CO)O2)c(=O)[nH]c1=O. The van der Waals surface area contributed by atoms with Gasteiger partial charge in [-0.25, -0.2) is 4.79 Å². The number of aromatic amines is 1. The Balaban J connectivity index is 0.000000324. The molecule has 0 unspecified atom stereocenters. The minimum atomic E-state index is -0.833. The highest BCUT2D eigenvalue weighted by atomic mass is 16.5. The van der Waals surface area contributed by atoms with Crippen molar-refractivity contribution in [2.24, 2.45) is 5.92 Å². The van der Waals surface area contributed by atoms with Crippen molar-refractivity contribution in [3.05, 3.63) is 146 Å². The summed E-state index contributed by atoms with van der Waals surface area (Å²) in [6.45, 7) is 10.2. The molecule has 2 aromatic carbocycles. The molecule has 0 saturated carbocycles. The third-order valence-corrected chi connectivity index (χ3v) is 11.1. The smallest absolute Gasteiger partial charge is 0.330 e. The highest BCUT2D eigenvalue weighted by Crippen LogP contribution is 2.32. The Bertz CT molecular complexity index is 2220. The minimum Gasteiger partial charge on any atom is -0.393 e. The number of nitrogens with zero attached hydrogens (tertiary/aromatic N) is 4. The number of aryl methyl sites for hydroxylation is 1. The number of rotatable bonds is 13. The highest BCUT2D eigenvalue weighted by Gasteiger charge is 2.37. The number of pyridine rings is 1. The third-order valence-electron chi connectivity index (χ3n) is 11.1. The summed E-state index contributed by atoms with van der Waals surface area (Å²) in [5.41, 5.74) is 3.19. The van der Waals surface area contributed by atoms with E-state index in [0.29, 0.717) is 38.0 Å². The molecule has 61 heavy (non-hydrogen) atoms. The fraction of sp³-hybridized carbons (Fsp3) is 0.457. The standard InChI is InChI=1S/C36H47N5O4.C10H12N2O4/c1-36(2,3)39-35(45)31-24-40(22-26-12-9-15-37-21-26)16-17-41(31)23-29(42)19-28(18-25-10-5-4-6-11-25)34(44)38-33-30-14-8-7-13-27(30)20-32(33)43;1-6-4-12(10(15)11-9(6)14)8-3-2-7(5-13)16-8/h4-15,21,28-29,31-33,42-43H,16-20,22-24H2,1-3H3,(H,38,44)(H,39,45);2-4,7-8,13H,5H2,1H3,(H,11,14,15)/t28-,29+,31+,32-,33+;7-,8+/m10/s1. The van der Waals surface area contributed by atoms with E-state index in [1.807, 2.05) is 93.7 Å². The van der Waals surface area contributed by atoms with Crippen molar-refractivity contribution in [2.45, 2.75) is 95.7 Å². The van der Waals surface area contributed by atoms with Crippen molar-refractivity contribution >= 4 is 11.8 Å². The van der Waals surface area contributed by atoms with Crippen molar-refractivity contribution in [2.75, 3.05) is 32.8 Å². The number of hydrogen-bond donors (Lipinski definition) is 6. The van der Waals surface area contributed by atoms with Crippen LogP contribution in [0.5, 0.6) is 0 Å². The van der Waals surface area contributed by atoms with Crippen LogP contribution in [0.3, 0.4) is 0 Å². The maximum absolute atomic E-state index is 13.8. The van der Waals surface area contributed by atoms with Gasteiger partial charge in [-0.15, -0.1) is 0 Å². The van der Waals surface area contributed by atoms with E-state index < -0.39 is 59.3 Å². The van der Waals surface area contributed by atoms with E-state index in [9.17, 15) is 29.4 Å². The number of carbonyl (C=O) groups is 2. The molecule has 15 heteroatoms. The van der Waals surface area contributed by atoms with Gasteiger partial charge in [0.2, 0.25) is 11.8 Å². The lowest BCUT2D eigenvalue weighted by molar-refractivity contribution is -0.132. The molecule has 0 bridgehead atoms. The van der Waals surface area contributed by atoms with Gasteiger partial charge in [0.25, 0.3) is 5.56 Å². The topological polar surface area (TPSA) is 202 Å². The number of aromatic nitrogens is 3. The molecular formula is C46H59N7O8. The fourth-order valence-corrected chi connectivity index (χ4v) is 8.09. The number of hydrogen-bond acceptors (Lipinski definition) is 11. The number of benzene rings is 2. The summed E-state index contributed by atoms with van der Waals surface area (Å²) in [5, 5.41) is 37.4. The monoisotopic (exact) mass is 837 g/mol. The fourth-order valence-electron chi connectivity index (χ4n) is 8.09. The summed E-state index contributed by atoms with van der Waals surface area (Å²) in [5.74, 6) is -0.781. The maximum atomic E-state index is 13.8. The van der Waals surface area contributed by atoms with Crippen LogP contribution < -0.4 is 21.9 Å². The first-order valence-electron chi connectivity index (χ1n) is 20.9. The maximum Gasteiger partial charge on any atom is 0.330 e. The summed E-state index contributed by atoms with van der Waals surface area (Å²) in [6, 6.07) is 20.6. The Hall–Kier alpha value is -5.29. The zero-order valence-electron chi connectivity index (χ0n) is 35.3. The molecule has 0 radical (unpaired) electrons. The van der Waals surface area contributed by atoms with Crippen LogP contribution in [0, 0.1) is 12.8 Å². The van der Waals surface area contributed by atoms with E-state index in [0.717, 1.165) is 28.8 Å². The number of aliphatic hydroxyl groups excluding tert-OH is 3. The lowest BCUT2D eigenvalue weighted by Crippen LogP contribution is -2.61. The van der Waals surface area contributed by atoms with E-state index in [2.05, 4.69) is 30.4 Å². The van der Waals surface area contributed by atoms with Crippen molar-refractivity contribution in [1.29, 1.82) is 0 Å². The zero-order valence-corrected chi connectivity index (χ0v) is 35.3. The van der Waals surface area contributed by atoms with Crippen molar-refractivity contribution in [3.63, 3.8) is 0 Å². The average molecular weight is 838 g/mol. The Morgan fingerprint density at radius 1 is 1.00 bits per heavy atom. The summed E-state index contributed by atoms with van der Waals surface area (Å²) < 4.78 is 6.63. The lowest BCUT2D eigenvalue weighted by atomic mass is 9.91. The van der Waals surface area contributed by atoms with E-state index >= 15 is 0 Å². The third kappa shape index (κ3) is 12.4. The first kappa shape index (κ1) is 45.2. The van der Waals surface area contributed by atoms with Crippen molar-refractivity contribution in [3.8, 4) is 0 Å². The van der Waals surface area contributed by atoms with Gasteiger partial charge >= 0.3 is 5.69 Å². The largest absolute Gasteiger partial charge is 0.393 e. The number of H-pyrrole nitrogens is 1. The second kappa shape index (κ2) is 20.5. The van der Waals surface area contributed by atoms with E-state index in [4.69, 9.17) is 9.84 Å². The normalized spacial score (nSPS) is 22.4. The van der Waals surface area contributed by atoms with Crippen molar-refractivity contribution < 1.29 is 29.6 Å². The lowest BCUT2D eigenvalue weighted by Gasteiger charge is -2.42. The molecule has 1 aliphatic carbocycles. The predicted octanol–water partition coefficient (Wildman–Crippen LogP) is 2.16. The molecule has 326 valence electrons. The van der Waals surface area contributed by atoms with Gasteiger partial charge in [0.05, 0.1) is 24.9 Å². The molecule has 2 aromatic heterocycles. The highest BCUT2D eigenvalue weighted by molar-refractivity contribution is 5.83. The average Bonchev–Trinajstić information content (AvgIpc) is 3.84. The molecule has 2 aliphatic heterocycles. The summed E-state index contributed by atoms with van der Waals surface area (Å²) in [4.78, 5) is 60.7. The van der Waals surface area contributed by atoms with Crippen LogP contribution in [0.15, 0.2) is 107 Å². The molecule has 7 rings (SSSR count). The van der Waals surface area contributed by atoms with E-state index in [1.165, 1.54) is 10.8 Å². The number of carbonyl (C=O) groups excluding carboxylic acids is 2. The Morgan fingerprint density at radius 3 is 2.44 bits per heavy atom. The summed E-state index contributed by atoms with van der Waals surface area (Å²) in [6.07, 6.45) is 7.08. The number of β-amino-alcohol motifs (C(OH)–C–C–N with tert-alkyl or cyclic N) is 1. The number of piperazine rings is 1. The number of amides is 2. The summed E-state index contributed by atoms with van der Waals surface area (Å²) in [7, 11) is 0. The first-order valence-corrected chi connectivity index (χ1v) is 20.9. The molecule has 4 aromatic rings. The number of nitrogens with one attached hydrogen (secondary N) is 3. The minimum absolute atomic E-state index is 0.0712. The van der Waals surface area contributed by atoms with Crippen LogP contribution in [-0.4, -0.2) is 114 Å². The van der Waals surface area contributed by atoms with Crippen LogP contribution in [0.2, 0.25) is 0 Å². The molecule has 2 amide bonds. The van der Waals surface area contributed by atoms with Gasteiger partial charge < -0.3 is 30.7 Å². The van der Waals surface area contributed by atoms with Crippen LogP contribution in [0.25, 0.3) is 0 Å². The van der Waals surface area contributed by atoms with Crippen LogP contribution in [-0.2, 0) is 33.7 Å². The molecule has 0 spiro atoms. The van der Waals surface area contributed by atoms with Gasteiger partial charge in [-0.2, -0.15) is 0 Å². The van der Waals surface area contributed by atoms with Crippen LogP contribution in [0.1, 0.15) is 67.3 Å². The van der Waals surface area contributed by atoms with E-state index in [-0.39, 0.29) is 31.4 Å². The van der Waals surface area contributed by atoms with Gasteiger partial charge in [-0.1, -0.05) is 66.7 Å². The Labute approximate surface area is 356 Å². The van der Waals surface area contributed by atoms with Crippen molar-refractivity contribution in [1.82, 2.24) is 35.0 Å². The molecule has 15 nitrogen and oxygen atoms in total. The predicted molar refractivity (Wildman–Crippen MR) is 230 cm³/mol. The Morgan fingerprint density at radius 2 is 1.74 bits per heavy atom. The van der Waals surface area contributed by atoms with Crippen LogP contribution >= 0.6 is 0 Å². The van der Waals surface area contributed by atoms with Gasteiger partial charge in [0.15, 0.2) is 6.23 Å². The number of fused-ring (bicyclic) bond motifs is 1. The molecule has 3 aliphatic rings. The Kier molecular flexibility index (Phi) is 15.2. The molecule has 1 saturated heterocycles. The number of aliphatic hydroxyl groups is 3. The second-order valence-electron chi connectivity index (χ2n) is 17.2. The van der Waals surface area contributed by atoms with Gasteiger partial charge in [0, 0.05) is 74.8 Å².